The van der Waals surface area contributed by atoms with Crippen LogP contribution in [-0.2, 0) is 13.1 Å². The molecule has 112 valence electrons. The number of anilines is 1. The van der Waals surface area contributed by atoms with Crippen LogP contribution >= 0.6 is 11.6 Å². The Morgan fingerprint density at radius 1 is 1.43 bits per heavy atom. The molecule has 1 heterocycles. The zero-order valence-electron chi connectivity index (χ0n) is 12.1. The summed E-state index contributed by atoms with van der Waals surface area (Å²) in [6.07, 6.45) is 4.19. The molecule has 0 saturated heterocycles. The average Bonchev–Trinajstić information content (AvgIpc) is 2.49. The third-order valence-corrected chi connectivity index (χ3v) is 3.46. The molecule has 1 aromatic heterocycles. The lowest BCUT2D eigenvalue weighted by molar-refractivity contribution is 0.410. The van der Waals surface area contributed by atoms with Gasteiger partial charge in [0, 0.05) is 36.1 Å². The molecule has 0 fully saturated rings. The number of aromatic nitrogens is 2. The summed E-state index contributed by atoms with van der Waals surface area (Å²) in [4.78, 5) is 16.3. The first kappa shape index (κ1) is 15.4. The lowest BCUT2D eigenvalue weighted by atomic mass is 10.2. The topological polar surface area (TPSA) is 56.1 Å². The zero-order chi connectivity index (χ0) is 15.2. The maximum Gasteiger partial charge on any atom is 0.293 e. The molecule has 21 heavy (non-hydrogen) atoms. The second-order valence-corrected chi connectivity index (χ2v) is 4.96. The highest BCUT2D eigenvalue weighted by Gasteiger charge is 2.09. The normalized spacial score (nSPS) is 10.4. The van der Waals surface area contributed by atoms with E-state index in [9.17, 15) is 4.79 Å². The Morgan fingerprint density at radius 3 is 2.95 bits per heavy atom. The molecular weight excluding hydrogens is 290 g/mol. The van der Waals surface area contributed by atoms with Crippen molar-refractivity contribution in [2.45, 2.75) is 26.4 Å². The number of hydrogen-bond donors (Lipinski definition) is 1. The van der Waals surface area contributed by atoms with Crippen LogP contribution in [0.2, 0.25) is 5.02 Å². The lowest BCUT2D eigenvalue weighted by Gasteiger charge is -2.12. The van der Waals surface area contributed by atoms with Crippen molar-refractivity contribution in [2.24, 2.45) is 0 Å². The molecule has 0 radical (unpaired) electrons. The summed E-state index contributed by atoms with van der Waals surface area (Å²) in [6, 6.07) is 5.44. The molecule has 0 aliphatic carbocycles. The highest BCUT2D eigenvalue weighted by atomic mass is 35.5. The Morgan fingerprint density at radius 2 is 2.24 bits per heavy atom. The van der Waals surface area contributed by atoms with Gasteiger partial charge in [0.15, 0.2) is 5.82 Å². The van der Waals surface area contributed by atoms with Gasteiger partial charge in [-0.3, -0.25) is 4.79 Å². The molecule has 0 spiro atoms. The third kappa shape index (κ3) is 3.55. The molecule has 1 aromatic carbocycles. The van der Waals surface area contributed by atoms with Gasteiger partial charge in [0.2, 0.25) is 0 Å². The summed E-state index contributed by atoms with van der Waals surface area (Å²) in [5.41, 5.74) is 0.666. The number of nitrogens with one attached hydrogen (secondary N) is 1. The van der Waals surface area contributed by atoms with E-state index >= 15 is 0 Å². The minimum Gasteiger partial charge on any atom is -0.496 e. The van der Waals surface area contributed by atoms with E-state index in [2.05, 4.69) is 10.3 Å². The molecule has 0 aliphatic rings. The smallest absolute Gasteiger partial charge is 0.293 e. The van der Waals surface area contributed by atoms with Gasteiger partial charge in [-0.2, -0.15) is 0 Å². The van der Waals surface area contributed by atoms with E-state index in [1.807, 2.05) is 19.1 Å². The van der Waals surface area contributed by atoms with Crippen LogP contribution in [0.3, 0.4) is 0 Å². The zero-order valence-corrected chi connectivity index (χ0v) is 12.9. The molecule has 1 N–H and O–H groups in total. The van der Waals surface area contributed by atoms with Gasteiger partial charge in [-0.15, -0.1) is 0 Å². The highest BCUT2D eigenvalue weighted by Crippen LogP contribution is 2.26. The fourth-order valence-electron chi connectivity index (χ4n) is 2.06. The summed E-state index contributed by atoms with van der Waals surface area (Å²) in [7, 11) is 1.59. The molecule has 2 rings (SSSR count). The molecule has 2 aromatic rings. The van der Waals surface area contributed by atoms with Crippen LogP contribution in [0.25, 0.3) is 0 Å². The van der Waals surface area contributed by atoms with Crippen LogP contribution in [-0.4, -0.2) is 16.7 Å². The standard InChI is InChI=1S/C15H18ClN3O2/c1-3-8-19-9-7-17-14(15(19)20)18-10-11-12(16)5-4-6-13(11)21-2/h4-7,9H,3,8,10H2,1-2H3,(H,17,18). The SMILES string of the molecule is CCCn1ccnc(NCc2c(Cl)cccc2OC)c1=O. The number of rotatable bonds is 6. The molecule has 5 nitrogen and oxygen atoms in total. The van der Waals surface area contributed by atoms with E-state index in [1.54, 1.807) is 30.1 Å². The van der Waals surface area contributed by atoms with Crippen molar-refractivity contribution in [2.75, 3.05) is 12.4 Å². The predicted octanol–water partition coefficient (Wildman–Crippen LogP) is 2.93. The van der Waals surface area contributed by atoms with Gasteiger partial charge in [-0.25, -0.2) is 4.98 Å². The fourth-order valence-corrected chi connectivity index (χ4v) is 2.29. The van der Waals surface area contributed by atoms with Gasteiger partial charge >= 0.3 is 0 Å². The minimum absolute atomic E-state index is 0.134. The minimum atomic E-state index is -0.134. The number of hydrogen-bond acceptors (Lipinski definition) is 4. The van der Waals surface area contributed by atoms with E-state index in [0.717, 1.165) is 12.0 Å². The number of ether oxygens (including phenoxy) is 1. The Hall–Kier alpha value is -2.01. The second-order valence-electron chi connectivity index (χ2n) is 4.55. The van der Waals surface area contributed by atoms with Crippen LogP contribution in [0, 0.1) is 0 Å². The van der Waals surface area contributed by atoms with Crippen molar-refractivity contribution < 1.29 is 4.74 Å². The third-order valence-electron chi connectivity index (χ3n) is 3.11. The van der Waals surface area contributed by atoms with Crippen LogP contribution in [0.15, 0.2) is 35.4 Å². The number of methoxy groups -OCH3 is 1. The maximum absolute atomic E-state index is 12.2. The van der Waals surface area contributed by atoms with Gasteiger partial charge in [0.25, 0.3) is 5.56 Å². The molecule has 0 unspecified atom stereocenters. The van der Waals surface area contributed by atoms with Crippen LogP contribution in [0.1, 0.15) is 18.9 Å². The molecule has 0 bridgehead atoms. The lowest BCUT2D eigenvalue weighted by Crippen LogP contribution is -2.24. The second kappa shape index (κ2) is 7.13. The van der Waals surface area contributed by atoms with E-state index in [1.165, 1.54) is 0 Å². The number of aryl methyl sites for hydroxylation is 1. The summed E-state index contributed by atoms with van der Waals surface area (Å²) in [6.45, 7) is 3.07. The predicted molar refractivity (Wildman–Crippen MR) is 84.1 cm³/mol. The van der Waals surface area contributed by atoms with Crippen molar-refractivity contribution in [3.8, 4) is 5.75 Å². The van der Waals surface area contributed by atoms with Crippen LogP contribution < -0.4 is 15.6 Å². The summed E-state index contributed by atoms with van der Waals surface area (Å²) < 4.78 is 6.92. The molecule has 0 aliphatic heterocycles. The van der Waals surface area contributed by atoms with Crippen molar-refractivity contribution in [1.29, 1.82) is 0 Å². The largest absolute Gasteiger partial charge is 0.496 e. The summed E-state index contributed by atoms with van der Waals surface area (Å²) in [5.74, 6) is 0.993. The van der Waals surface area contributed by atoms with E-state index in [4.69, 9.17) is 16.3 Å². The van der Waals surface area contributed by atoms with Gasteiger partial charge < -0.3 is 14.6 Å². The van der Waals surface area contributed by atoms with Crippen molar-refractivity contribution in [3.05, 3.63) is 51.5 Å². The Balaban J connectivity index is 2.21. The number of nitrogens with zero attached hydrogens (tertiary/aromatic N) is 2. The quantitative estimate of drug-likeness (QED) is 0.891. The molecular formula is C15H18ClN3O2. The molecule has 6 heteroatoms. The molecule has 0 saturated carbocycles. The Labute approximate surface area is 128 Å². The van der Waals surface area contributed by atoms with Gasteiger partial charge in [0.05, 0.1) is 7.11 Å². The summed E-state index contributed by atoms with van der Waals surface area (Å²) >= 11 is 6.17. The first-order valence-electron chi connectivity index (χ1n) is 6.78. The van der Waals surface area contributed by atoms with Gasteiger partial charge in [0.1, 0.15) is 5.75 Å². The molecule has 0 atom stereocenters. The van der Waals surface area contributed by atoms with E-state index in [0.29, 0.717) is 29.7 Å². The average molecular weight is 308 g/mol. The van der Waals surface area contributed by atoms with E-state index < -0.39 is 0 Å². The molecule has 0 amide bonds. The van der Waals surface area contributed by atoms with Crippen molar-refractivity contribution >= 4 is 17.4 Å². The maximum atomic E-state index is 12.2. The van der Waals surface area contributed by atoms with Crippen molar-refractivity contribution in [1.82, 2.24) is 9.55 Å². The van der Waals surface area contributed by atoms with Gasteiger partial charge in [-0.1, -0.05) is 24.6 Å². The van der Waals surface area contributed by atoms with Crippen LogP contribution in [0.4, 0.5) is 5.82 Å². The number of benzene rings is 1. The first-order valence-corrected chi connectivity index (χ1v) is 7.15. The number of halogens is 1. The monoisotopic (exact) mass is 307 g/mol. The highest BCUT2D eigenvalue weighted by molar-refractivity contribution is 6.31. The Bertz CT molecular complexity index is 670. The van der Waals surface area contributed by atoms with Crippen molar-refractivity contribution in [3.63, 3.8) is 0 Å². The fraction of sp³-hybridized carbons (Fsp3) is 0.333. The first-order chi connectivity index (χ1) is 10.2. The Kier molecular flexibility index (Phi) is 5.22. The summed E-state index contributed by atoms with van der Waals surface area (Å²) in [5, 5.41) is 3.62. The van der Waals surface area contributed by atoms with Crippen LogP contribution in [0.5, 0.6) is 5.75 Å². The van der Waals surface area contributed by atoms with Gasteiger partial charge in [-0.05, 0) is 18.6 Å². The van der Waals surface area contributed by atoms with E-state index in [-0.39, 0.29) is 5.56 Å².